The molecule has 3 heterocycles. The van der Waals surface area contributed by atoms with Gasteiger partial charge >= 0.3 is 5.76 Å². The minimum absolute atomic E-state index is 0.117. The first-order valence-electron chi connectivity index (χ1n) is 9.68. The smallest absolute Gasteiger partial charge is 0.408 e. The van der Waals surface area contributed by atoms with Crippen LogP contribution in [0, 0.1) is 0 Å². The number of benzene rings is 2. The number of aromatic nitrogens is 3. The molecule has 8 heteroatoms. The summed E-state index contributed by atoms with van der Waals surface area (Å²) in [5, 5.41) is 5.41. The van der Waals surface area contributed by atoms with Crippen molar-refractivity contribution in [3.63, 3.8) is 0 Å². The summed E-state index contributed by atoms with van der Waals surface area (Å²) in [5.74, 6) is -0.651. The van der Waals surface area contributed by atoms with Gasteiger partial charge in [-0.25, -0.2) is 4.79 Å². The first-order chi connectivity index (χ1) is 14.4. The molecule has 4 aromatic rings. The van der Waals surface area contributed by atoms with Gasteiger partial charge in [0.1, 0.15) is 0 Å². The molecule has 2 aromatic carbocycles. The Kier molecular flexibility index (Phi) is 4.29. The number of amides is 1. The zero-order valence-electron chi connectivity index (χ0n) is 16.5. The van der Waals surface area contributed by atoms with Crippen LogP contribution < -0.4 is 5.76 Å². The molecule has 1 N–H and O–H groups in total. The van der Waals surface area contributed by atoms with Gasteiger partial charge in [0, 0.05) is 35.3 Å². The van der Waals surface area contributed by atoms with Crippen molar-refractivity contribution < 1.29 is 9.21 Å². The number of aryl methyl sites for hydroxylation is 1. The summed E-state index contributed by atoms with van der Waals surface area (Å²) in [4.78, 5) is 29.0. The molecule has 0 bridgehead atoms. The molecule has 0 saturated heterocycles. The van der Waals surface area contributed by atoms with Gasteiger partial charge in [-0.1, -0.05) is 23.7 Å². The second kappa shape index (κ2) is 6.88. The lowest BCUT2D eigenvalue weighted by Crippen LogP contribution is -2.38. The van der Waals surface area contributed by atoms with Gasteiger partial charge in [0.25, 0.3) is 5.91 Å². The van der Waals surface area contributed by atoms with Gasteiger partial charge in [-0.15, -0.1) is 0 Å². The molecule has 2 aromatic heterocycles. The van der Waals surface area contributed by atoms with Crippen LogP contribution in [0.2, 0.25) is 5.02 Å². The van der Waals surface area contributed by atoms with Crippen molar-refractivity contribution in [2.45, 2.75) is 19.4 Å². The number of oxazole rings is 1. The maximum atomic E-state index is 13.2. The average Bonchev–Trinajstić information content (AvgIpc) is 3.26. The van der Waals surface area contributed by atoms with Gasteiger partial charge in [-0.2, -0.15) is 5.10 Å². The highest BCUT2D eigenvalue weighted by molar-refractivity contribution is 6.30. The highest BCUT2D eigenvalue weighted by atomic mass is 35.5. The zero-order chi connectivity index (χ0) is 21.0. The van der Waals surface area contributed by atoms with Crippen LogP contribution in [0.4, 0.5) is 0 Å². The van der Waals surface area contributed by atoms with E-state index in [0.29, 0.717) is 34.7 Å². The van der Waals surface area contributed by atoms with E-state index in [0.717, 1.165) is 22.5 Å². The summed E-state index contributed by atoms with van der Waals surface area (Å²) in [6.07, 6.45) is 0.697. The zero-order valence-corrected chi connectivity index (χ0v) is 17.2. The minimum atomic E-state index is -0.535. The third kappa shape index (κ3) is 2.93. The molecule has 1 aliphatic rings. The van der Waals surface area contributed by atoms with E-state index >= 15 is 0 Å². The number of rotatable bonds is 2. The van der Waals surface area contributed by atoms with Gasteiger partial charge in [0.15, 0.2) is 5.58 Å². The number of carbonyl (C=O) groups excluding carboxylic acids is 1. The standard InChI is InChI=1S/C22H19ClN4O3/c1-12-19-16(20(26(2)25-19)13-4-3-5-15(23)10-13)8-9-27(12)21(28)14-6-7-17-18(11-14)30-22(29)24-17/h3-7,10-12H,8-9H2,1-2H3,(H,24,29). The van der Waals surface area contributed by atoms with Crippen LogP contribution in [0.15, 0.2) is 51.7 Å². The number of nitrogens with one attached hydrogen (secondary N) is 1. The van der Waals surface area contributed by atoms with E-state index < -0.39 is 5.76 Å². The second-order valence-electron chi connectivity index (χ2n) is 7.50. The van der Waals surface area contributed by atoms with Crippen molar-refractivity contribution in [2.75, 3.05) is 6.54 Å². The second-order valence-corrected chi connectivity index (χ2v) is 7.93. The van der Waals surface area contributed by atoms with Gasteiger partial charge < -0.3 is 9.32 Å². The molecule has 1 atom stereocenters. The van der Waals surface area contributed by atoms with Crippen molar-refractivity contribution in [2.24, 2.45) is 7.05 Å². The molecule has 30 heavy (non-hydrogen) atoms. The molecule has 152 valence electrons. The molecule has 0 saturated carbocycles. The van der Waals surface area contributed by atoms with Crippen LogP contribution in [-0.2, 0) is 13.5 Å². The molecule has 0 radical (unpaired) electrons. The Morgan fingerprint density at radius 2 is 2.10 bits per heavy atom. The lowest BCUT2D eigenvalue weighted by atomic mass is 9.95. The van der Waals surface area contributed by atoms with Gasteiger partial charge in [-0.05, 0) is 43.7 Å². The Hall–Kier alpha value is -3.32. The summed E-state index contributed by atoms with van der Waals surface area (Å²) in [6, 6.07) is 12.5. The summed E-state index contributed by atoms with van der Waals surface area (Å²) >= 11 is 6.19. The van der Waals surface area contributed by atoms with Crippen LogP contribution in [0.1, 0.15) is 34.6 Å². The molecule has 7 nitrogen and oxygen atoms in total. The predicted octanol–water partition coefficient (Wildman–Crippen LogP) is 3.93. The number of carbonyl (C=O) groups is 1. The number of hydrogen-bond acceptors (Lipinski definition) is 4. The van der Waals surface area contributed by atoms with E-state index in [2.05, 4.69) is 4.98 Å². The Bertz CT molecular complexity index is 1350. The molecule has 0 aliphatic carbocycles. The predicted molar refractivity (Wildman–Crippen MR) is 114 cm³/mol. The third-order valence-corrected chi connectivity index (χ3v) is 5.90. The minimum Gasteiger partial charge on any atom is -0.408 e. The monoisotopic (exact) mass is 422 g/mol. The number of halogens is 1. The third-order valence-electron chi connectivity index (χ3n) is 5.67. The van der Waals surface area contributed by atoms with Crippen molar-refractivity contribution in [1.82, 2.24) is 19.7 Å². The number of fused-ring (bicyclic) bond motifs is 2. The van der Waals surface area contributed by atoms with E-state index in [1.54, 1.807) is 18.2 Å². The van der Waals surface area contributed by atoms with E-state index in [1.165, 1.54) is 0 Å². The topological polar surface area (TPSA) is 84.1 Å². The maximum absolute atomic E-state index is 13.2. The molecule has 1 amide bonds. The SMILES string of the molecule is CC1c2nn(C)c(-c3cccc(Cl)c3)c2CCN1C(=O)c1ccc2[nH]c(=O)oc2c1. The highest BCUT2D eigenvalue weighted by Crippen LogP contribution is 2.36. The first kappa shape index (κ1) is 18.7. The largest absolute Gasteiger partial charge is 0.417 e. The first-order valence-corrected chi connectivity index (χ1v) is 10.1. The van der Waals surface area contributed by atoms with Gasteiger partial charge in [0.05, 0.1) is 22.9 Å². The normalized spacial score (nSPS) is 16.1. The number of hydrogen-bond donors (Lipinski definition) is 1. The summed E-state index contributed by atoms with van der Waals surface area (Å²) in [5.41, 5.74) is 5.50. The lowest BCUT2D eigenvalue weighted by Gasteiger charge is -2.33. The fraction of sp³-hybridized carbons (Fsp3) is 0.227. The quantitative estimate of drug-likeness (QED) is 0.530. The molecular formula is C22H19ClN4O3. The highest BCUT2D eigenvalue weighted by Gasteiger charge is 2.33. The van der Waals surface area contributed by atoms with E-state index in [9.17, 15) is 9.59 Å². The number of aromatic amines is 1. The lowest BCUT2D eigenvalue weighted by molar-refractivity contribution is 0.0673. The Labute approximate surface area is 176 Å². The summed E-state index contributed by atoms with van der Waals surface area (Å²) < 4.78 is 6.96. The fourth-order valence-corrected chi connectivity index (χ4v) is 4.45. The van der Waals surface area contributed by atoms with Crippen LogP contribution in [0.25, 0.3) is 22.4 Å². The molecule has 5 rings (SSSR count). The number of H-pyrrole nitrogens is 1. The Balaban J connectivity index is 1.50. The Morgan fingerprint density at radius 1 is 1.27 bits per heavy atom. The maximum Gasteiger partial charge on any atom is 0.417 e. The molecule has 0 spiro atoms. The van der Waals surface area contributed by atoms with Crippen LogP contribution in [-0.4, -0.2) is 32.1 Å². The van der Waals surface area contributed by atoms with Crippen molar-refractivity contribution >= 4 is 28.6 Å². The van der Waals surface area contributed by atoms with Crippen molar-refractivity contribution in [3.05, 3.63) is 74.9 Å². The number of nitrogens with zero attached hydrogens (tertiary/aromatic N) is 3. The van der Waals surface area contributed by atoms with Gasteiger partial charge in [-0.3, -0.25) is 14.5 Å². The van der Waals surface area contributed by atoms with E-state index in [4.69, 9.17) is 21.1 Å². The summed E-state index contributed by atoms with van der Waals surface area (Å²) in [7, 11) is 1.91. The fourth-order valence-electron chi connectivity index (χ4n) is 4.26. The van der Waals surface area contributed by atoms with Crippen molar-refractivity contribution in [3.8, 4) is 11.3 Å². The van der Waals surface area contributed by atoms with Crippen LogP contribution in [0.3, 0.4) is 0 Å². The van der Waals surface area contributed by atoms with Gasteiger partial charge in [0.2, 0.25) is 0 Å². The van der Waals surface area contributed by atoms with E-state index in [1.807, 2.05) is 47.8 Å². The van der Waals surface area contributed by atoms with Crippen molar-refractivity contribution in [1.29, 1.82) is 0 Å². The molecule has 1 aliphatic heterocycles. The van der Waals surface area contributed by atoms with E-state index in [-0.39, 0.29) is 11.9 Å². The average molecular weight is 423 g/mol. The summed E-state index contributed by atoms with van der Waals surface area (Å²) in [6.45, 7) is 2.56. The van der Waals surface area contributed by atoms with Crippen LogP contribution in [0.5, 0.6) is 0 Å². The molecular weight excluding hydrogens is 404 g/mol. The Morgan fingerprint density at radius 3 is 2.90 bits per heavy atom. The van der Waals surface area contributed by atoms with Crippen LogP contribution >= 0.6 is 11.6 Å². The molecule has 0 fully saturated rings. The molecule has 1 unspecified atom stereocenters.